The van der Waals surface area contributed by atoms with Gasteiger partial charge in [-0.15, -0.1) is 0 Å². The van der Waals surface area contributed by atoms with E-state index in [9.17, 15) is 10.1 Å². The minimum Gasteiger partial charge on any atom is -0.486 e. The Morgan fingerprint density at radius 2 is 1.98 bits per heavy atom. The Kier molecular flexibility index (Phi) is 8.64. The first-order chi connectivity index (χ1) is 22.9. The summed E-state index contributed by atoms with van der Waals surface area (Å²) in [6.45, 7) is 7.16. The number of alkyl halides is 1. The number of carbonyl (C=O) groups is 1. The molecule has 13 nitrogen and oxygen atoms in total. The van der Waals surface area contributed by atoms with E-state index in [1.54, 1.807) is 18.2 Å². The lowest BCUT2D eigenvalue weighted by Crippen LogP contribution is -2.59. The number of aromatic amines is 1. The number of benzene rings is 2. The molecule has 242 valence electrons. The number of nitrogens with zero attached hydrogens (tertiary/aromatic N) is 8. The van der Waals surface area contributed by atoms with Crippen LogP contribution in [-0.2, 0) is 4.74 Å². The largest absolute Gasteiger partial charge is 0.486 e. The number of aromatic nitrogens is 5. The van der Waals surface area contributed by atoms with E-state index in [2.05, 4.69) is 65.2 Å². The molecule has 1 unspecified atom stereocenters. The molecule has 3 aliphatic heterocycles. The van der Waals surface area contributed by atoms with Crippen LogP contribution in [0.15, 0.2) is 61.3 Å². The number of carbonyl (C=O) groups excluding carboxylic acids is 1. The molecule has 3 atom stereocenters. The lowest BCUT2D eigenvalue weighted by Gasteiger charge is -2.46. The third-order valence-electron chi connectivity index (χ3n) is 8.96. The molecule has 0 spiro atoms. The molecule has 3 saturated heterocycles. The van der Waals surface area contributed by atoms with Crippen molar-refractivity contribution in [2.75, 3.05) is 56.2 Å². The summed E-state index contributed by atoms with van der Waals surface area (Å²) in [6, 6.07) is 16.3. The van der Waals surface area contributed by atoms with Crippen LogP contribution in [0.25, 0.3) is 11.4 Å². The van der Waals surface area contributed by atoms with Gasteiger partial charge in [0.2, 0.25) is 5.95 Å². The molecule has 5 heterocycles. The van der Waals surface area contributed by atoms with Crippen molar-refractivity contribution in [3.63, 3.8) is 0 Å². The normalized spacial score (nSPS) is 21.9. The maximum atomic E-state index is 15.1. The van der Waals surface area contributed by atoms with Crippen molar-refractivity contribution in [1.82, 2.24) is 34.7 Å². The van der Waals surface area contributed by atoms with Gasteiger partial charge in [-0.1, -0.05) is 0 Å². The standard InChI is InChI=1S/C33H35FN10O3/c1-21-15-42(26-17-46-18-26)10-11-44(21)25-5-3-24(4-6-25)40-33-39-20-38-31(41-33)22-2-7-29(23(12-22)13-35)47-30-8-9-43(16-27(30)34)32(45)28-14-36-19-37-28/h2-7,12,14,19-21,26-27,30H,8-11,15-18H2,1H3,(H,36,37)(H,38,39,40,41)/t21-,27+,30?/m0/s1. The second-order valence-corrected chi connectivity index (χ2v) is 12.0. The molecule has 1 amide bonds. The first-order valence-electron chi connectivity index (χ1n) is 15.7. The summed E-state index contributed by atoms with van der Waals surface area (Å²) in [7, 11) is 0. The summed E-state index contributed by atoms with van der Waals surface area (Å²) in [4.78, 5) is 38.7. The fraction of sp³-hybridized carbons (Fsp3) is 0.394. The van der Waals surface area contributed by atoms with Gasteiger partial charge in [0.1, 0.15) is 29.9 Å². The van der Waals surface area contributed by atoms with Crippen molar-refractivity contribution in [3.8, 4) is 23.2 Å². The molecule has 0 radical (unpaired) electrons. The summed E-state index contributed by atoms with van der Waals surface area (Å²) in [6.07, 6.45) is 2.30. The number of likely N-dealkylation sites (tertiary alicyclic amines) is 1. The Balaban J connectivity index is 0.976. The van der Waals surface area contributed by atoms with Crippen molar-refractivity contribution >= 4 is 23.2 Å². The molecule has 14 heteroatoms. The number of rotatable bonds is 8. The second-order valence-electron chi connectivity index (χ2n) is 12.0. The van der Waals surface area contributed by atoms with Crippen LogP contribution in [0, 0.1) is 11.3 Å². The molecular formula is C33H35FN10O3. The van der Waals surface area contributed by atoms with Gasteiger partial charge >= 0.3 is 0 Å². The van der Waals surface area contributed by atoms with Crippen molar-refractivity contribution in [2.45, 2.75) is 37.7 Å². The number of amides is 1. The Hall–Kier alpha value is -5.13. The predicted molar refractivity (Wildman–Crippen MR) is 171 cm³/mol. The molecule has 3 aliphatic rings. The molecule has 7 rings (SSSR count). The highest BCUT2D eigenvalue weighted by Crippen LogP contribution is 2.29. The highest BCUT2D eigenvalue weighted by Gasteiger charge is 2.35. The number of piperidine rings is 1. The average molecular weight is 639 g/mol. The molecule has 2 aromatic carbocycles. The molecule has 3 fully saturated rings. The molecule has 2 N–H and O–H groups in total. The van der Waals surface area contributed by atoms with Crippen LogP contribution in [-0.4, -0.2) is 111 Å². The number of halogens is 1. The van der Waals surface area contributed by atoms with Gasteiger partial charge in [-0.05, 0) is 49.4 Å². The van der Waals surface area contributed by atoms with Gasteiger partial charge in [0.05, 0.1) is 43.9 Å². The number of hydrogen-bond acceptors (Lipinski definition) is 11. The van der Waals surface area contributed by atoms with E-state index in [0.717, 1.165) is 38.5 Å². The average Bonchev–Trinajstić information content (AvgIpc) is 3.61. The zero-order valence-electron chi connectivity index (χ0n) is 25.9. The lowest BCUT2D eigenvalue weighted by molar-refractivity contribution is -0.0691. The summed E-state index contributed by atoms with van der Waals surface area (Å²) in [5.41, 5.74) is 3.13. The smallest absolute Gasteiger partial charge is 0.272 e. The van der Waals surface area contributed by atoms with Crippen molar-refractivity contribution in [1.29, 1.82) is 5.26 Å². The number of H-pyrrole nitrogens is 1. The third-order valence-corrected chi connectivity index (χ3v) is 8.96. The van der Waals surface area contributed by atoms with Crippen LogP contribution in [0.3, 0.4) is 0 Å². The van der Waals surface area contributed by atoms with Crippen LogP contribution < -0.4 is 15.0 Å². The summed E-state index contributed by atoms with van der Waals surface area (Å²) >= 11 is 0. The molecule has 47 heavy (non-hydrogen) atoms. The molecule has 0 aliphatic carbocycles. The minimum absolute atomic E-state index is 0.113. The first-order valence-corrected chi connectivity index (χ1v) is 15.7. The van der Waals surface area contributed by atoms with Gasteiger partial charge < -0.3 is 29.6 Å². The van der Waals surface area contributed by atoms with Crippen molar-refractivity contribution in [2.24, 2.45) is 0 Å². The molecular weight excluding hydrogens is 603 g/mol. The number of piperazine rings is 1. The first kappa shape index (κ1) is 30.5. The van der Waals surface area contributed by atoms with E-state index in [1.165, 1.54) is 29.4 Å². The topological polar surface area (TPSA) is 148 Å². The predicted octanol–water partition coefficient (Wildman–Crippen LogP) is 3.42. The minimum atomic E-state index is -1.42. The summed E-state index contributed by atoms with van der Waals surface area (Å²) < 4.78 is 26.4. The third kappa shape index (κ3) is 6.58. The number of anilines is 3. The summed E-state index contributed by atoms with van der Waals surface area (Å²) in [5.74, 6) is 0.688. The highest BCUT2D eigenvalue weighted by atomic mass is 19.1. The van der Waals surface area contributed by atoms with Gasteiger partial charge in [-0.25, -0.2) is 19.3 Å². The van der Waals surface area contributed by atoms with Gasteiger partial charge in [-0.3, -0.25) is 9.69 Å². The zero-order chi connectivity index (χ0) is 32.3. The molecule has 0 bridgehead atoms. The van der Waals surface area contributed by atoms with E-state index >= 15 is 4.39 Å². The van der Waals surface area contributed by atoms with Gasteiger partial charge in [0, 0.05) is 55.6 Å². The number of nitriles is 1. The van der Waals surface area contributed by atoms with Gasteiger partial charge in [0.25, 0.3) is 5.91 Å². The van der Waals surface area contributed by atoms with Gasteiger partial charge in [-0.2, -0.15) is 10.2 Å². The fourth-order valence-electron chi connectivity index (χ4n) is 6.26. The maximum absolute atomic E-state index is 15.1. The monoisotopic (exact) mass is 638 g/mol. The molecule has 0 saturated carbocycles. The molecule has 4 aromatic rings. The fourth-order valence-corrected chi connectivity index (χ4v) is 6.26. The van der Waals surface area contributed by atoms with Gasteiger partial charge in [0.15, 0.2) is 12.0 Å². The van der Waals surface area contributed by atoms with E-state index in [-0.39, 0.29) is 30.2 Å². The highest BCUT2D eigenvalue weighted by molar-refractivity contribution is 5.92. The summed E-state index contributed by atoms with van der Waals surface area (Å²) in [5, 5.41) is 13.1. The Bertz CT molecular complexity index is 1740. The van der Waals surface area contributed by atoms with Crippen molar-refractivity contribution in [3.05, 3.63) is 72.6 Å². The van der Waals surface area contributed by atoms with E-state index in [4.69, 9.17) is 9.47 Å². The van der Waals surface area contributed by atoms with E-state index in [1.807, 2.05) is 12.1 Å². The quantitative estimate of drug-likeness (QED) is 0.293. The van der Waals surface area contributed by atoms with Crippen LogP contribution in [0.4, 0.5) is 21.7 Å². The Morgan fingerprint density at radius 1 is 1.13 bits per heavy atom. The van der Waals surface area contributed by atoms with Crippen LogP contribution in [0.5, 0.6) is 5.75 Å². The SMILES string of the molecule is C[C@H]1CN(C2COC2)CCN1c1ccc(Nc2ncnc(-c3ccc(OC4CCN(C(=O)c5cnc[nH]5)C[C@H]4F)c(C#N)c3)n2)cc1. The van der Waals surface area contributed by atoms with Crippen LogP contribution >= 0.6 is 0 Å². The number of hydrogen-bond donors (Lipinski definition) is 2. The lowest BCUT2D eigenvalue weighted by atomic mass is 10.0. The van der Waals surface area contributed by atoms with E-state index in [0.29, 0.717) is 41.7 Å². The molecule has 2 aromatic heterocycles. The maximum Gasteiger partial charge on any atom is 0.272 e. The Morgan fingerprint density at radius 3 is 2.68 bits per heavy atom. The number of nitrogens with one attached hydrogen (secondary N) is 2. The number of ether oxygens (including phenoxy) is 2. The Labute approximate surface area is 271 Å². The second kappa shape index (κ2) is 13.3. The van der Waals surface area contributed by atoms with Crippen LogP contribution in [0.1, 0.15) is 29.4 Å². The zero-order valence-corrected chi connectivity index (χ0v) is 25.9. The van der Waals surface area contributed by atoms with Crippen LogP contribution in [0.2, 0.25) is 0 Å². The number of imidazole rings is 1. The van der Waals surface area contributed by atoms with Crippen molar-refractivity contribution < 1.29 is 18.7 Å². The van der Waals surface area contributed by atoms with E-state index < -0.39 is 12.3 Å².